The van der Waals surface area contributed by atoms with Crippen LogP contribution in [0.1, 0.15) is 62.0 Å². The average Bonchev–Trinajstić information content (AvgIpc) is 2.69. The van der Waals surface area contributed by atoms with Gasteiger partial charge in [0.05, 0.1) is 11.5 Å². The summed E-state index contributed by atoms with van der Waals surface area (Å²) in [4.78, 5) is 36.3. The van der Waals surface area contributed by atoms with E-state index in [9.17, 15) is 14.4 Å². The van der Waals surface area contributed by atoms with E-state index in [4.69, 9.17) is 9.47 Å². The van der Waals surface area contributed by atoms with Crippen LogP contribution in [-0.2, 0) is 32.1 Å². The Morgan fingerprint density at radius 1 is 0.900 bits per heavy atom. The zero-order chi connectivity index (χ0) is 22.1. The summed E-state index contributed by atoms with van der Waals surface area (Å²) in [5.74, 6) is -1.10. The van der Waals surface area contributed by atoms with Gasteiger partial charge in [0, 0.05) is 6.42 Å². The molecule has 1 unspecified atom stereocenters. The summed E-state index contributed by atoms with van der Waals surface area (Å²) in [7, 11) is 0. The number of carbonyl (C=O) groups excluding carboxylic acids is 3. The molecule has 0 radical (unpaired) electrons. The van der Waals surface area contributed by atoms with Crippen molar-refractivity contribution in [1.82, 2.24) is 0 Å². The van der Waals surface area contributed by atoms with E-state index in [-0.39, 0.29) is 24.3 Å². The van der Waals surface area contributed by atoms with E-state index in [0.717, 1.165) is 11.1 Å². The van der Waals surface area contributed by atoms with Gasteiger partial charge in [0.25, 0.3) is 0 Å². The van der Waals surface area contributed by atoms with Gasteiger partial charge in [0.1, 0.15) is 18.0 Å². The van der Waals surface area contributed by atoms with Crippen LogP contribution in [0.3, 0.4) is 0 Å². The van der Waals surface area contributed by atoms with Crippen molar-refractivity contribution < 1.29 is 23.9 Å². The second-order valence-corrected chi connectivity index (χ2v) is 8.43. The Labute approximate surface area is 178 Å². The van der Waals surface area contributed by atoms with E-state index in [1.165, 1.54) is 6.92 Å². The number of ether oxygens (including phenoxy) is 2. The summed E-state index contributed by atoms with van der Waals surface area (Å²) in [5.41, 5.74) is 1.71. The van der Waals surface area contributed by atoms with Gasteiger partial charge in [-0.1, -0.05) is 42.5 Å². The van der Waals surface area contributed by atoms with Crippen LogP contribution in [0.25, 0.3) is 0 Å². The molecule has 0 saturated carbocycles. The molecule has 30 heavy (non-hydrogen) atoms. The molecule has 2 rings (SSSR count). The zero-order valence-corrected chi connectivity index (χ0v) is 18.1. The molecule has 0 aliphatic carbocycles. The molecule has 5 nitrogen and oxygen atoms in total. The van der Waals surface area contributed by atoms with E-state index in [0.29, 0.717) is 24.8 Å². The van der Waals surface area contributed by atoms with E-state index in [1.807, 2.05) is 63.2 Å². The van der Waals surface area contributed by atoms with Gasteiger partial charge in [-0.2, -0.15) is 0 Å². The quantitative estimate of drug-likeness (QED) is 0.549. The van der Waals surface area contributed by atoms with E-state index < -0.39 is 11.5 Å². The summed E-state index contributed by atoms with van der Waals surface area (Å²) in [6.07, 6.45) is 1.19. The third-order valence-electron chi connectivity index (χ3n) is 4.47. The molecule has 0 N–H and O–H groups in total. The number of carbonyl (C=O) groups is 3. The largest absolute Gasteiger partial charge is 0.461 e. The van der Waals surface area contributed by atoms with Crippen LogP contribution >= 0.6 is 0 Å². The minimum Gasteiger partial charge on any atom is -0.461 e. The monoisotopic (exact) mass is 410 g/mol. The van der Waals surface area contributed by atoms with E-state index >= 15 is 0 Å². The molecule has 0 spiro atoms. The Kier molecular flexibility index (Phi) is 8.34. The smallest absolute Gasteiger partial charge is 0.338 e. The van der Waals surface area contributed by atoms with Crippen LogP contribution in [-0.4, -0.2) is 23.3 Å². The van der Waals surface area contributed by atoms with Gasteiger partial charge < -0.3 is 14.3 Å². The third-order valence-corrected chi connectivity index (χ3v) is 4.47. The highest BCUT2D eigenvalue weighted by Gasteiger charge is 2.22. The first kappa shape index (κ1) is 23.3. The Bertz CT molecular complexity index is 847. The number of esters is 2. The van der Waals surface area contributed by atoms with Crippen LogP contribution in [0.2, 0.25) is 0 Å². The molecule has 1 atom stereocenters. The molecule has 2 aromatic carbocycles. The standard InChI is InChI=1S/C25H30O5/c1-18(26)10-13-22(23(27)29-17-20-8-6-5-7-9-20)16-19-11-14-21(15-12-19)24(28)30-25(2,3)4/h5-9,11-12,14-15,22H,10,13,16-17H2,1-4H3. The van der Waals surface area contributed by atoms with Crippen molar-refractivity contribution in [2.24, 2.45) is 5.92 Å². The first-order chi connectivity index (χ1) is 14.1. The van der Waals surface area contributed by atoms with Crippen LogP contribution < -0.4 is 0 Å². The van der Waals surface area contributed by atoms with Crippen molar-refractivity contribution in [3.8, 4) is 0 Å². The number of hydrogen-bond acceptors (Lipinski definition) is 5. The second kappa shape index (κ2) is 10.7. The maximum Gasteiger partial charge on any atom is 0.338 e. The van der Waals surface area contributed by atoms with Crippen molar-refractivity contribution in [2.45, 2.75) is 59.2 Å². The van der Waals surface area contributed by atoms with Gasteiger partial charge in [-0.05, 0) is 63.8 Å². The fourth-order valence-corrected chi connectivity index (χ4v) is 2.93. The van der Waals surface area contributed by atoms with Crippen LogP contribution in [0.4, 0.5) is 0 Å². The molecular formula is C25H30O5. The fraction of sp³-hybridized carbons (Fsp3) is 0.400. The van der Waals surface area contributed by atoms with Gasteiger partial charge in [0.15, 0.2) is 0 Å². The van der Waals surface area contributed by atoms with Crippen LogP contribution in [0.5, 0.6) is 0 Å². The van der Waals surface area contributed by atoms with Crippen molar-refractivity contribution >= 4 is 17.7 Å². The first-order valence-corrected chi connectivity index (χ1v) is 10.2. The normalized spacial score (nSPS) is 12.1. The predicted molar refractivity (Wildman–Crippen MR) is 115 cm³/mol. The summed E-state index contributed by atoms with van der Waals surface area (Å²) in [5, 5.41) is 0. The summed E-state index contributed by atoms with van der Waals surface area (Å²) < 4.78 is 10.9. The van der Waals surface area contributed by atoms with Gasteiger partial charge in [-0.3, -0.25) is 4.79 Å². The van der Waals surface area contributed by atoms with Gasteiger partial charge >= 0.3 is 11.9 Å². The Morgan fingerprint density at radius 3 is 2.10 bits per heavy atom. The fourth-order valence-electron chi connectivity index (χ4n) is 2.93. The summed E-state index contributed by atoms with van der Waals surface area (Å²) in [6.45, 7) is 7.18. The number of ketones is 1. The number of rotatable bonds is 9. The Morgan fingerprint density at radius 2 is 1.53 bits per heavy atom. The second-order valence-electron chi connectivity index (χ2n) is 8.43. The van der Waals surface area contributed by atoms with Crippen LogP contribution in [0.15, 0.2) is 54.6 Å². The Hall–Kier alpha value is -2.95. The van der Waals surface area contributed by atoms with Crippen molar-refractivity contribution in [2.75, 3.05) is 0 Å². The predicted octanol–water partition coefficient (Wildman–Crippen LogP) is 4.91. The van der Waals surface area contributed by atoms with Crippen LogP contribution in [0, 0.1) is 5.92 Å². The molecule has 0 fully saturated rings. The van der Waals surface area contributed by atoms with Gasteiger partial charge in [-0.25, -0.2) is 4.79 Å². The lowest BCUT2D eigenvalue weighted by Crippen LogP contribution is -2.24. The number of benzene rings is 2. The highest BCUT2D eigenvalue weighted by atomic mass is 16.6. The molecule has 0 aliphatic rings. The van der Waals surface area contributed by atoms with Crippen molar-refractivity contribution in [1.29, 1.82) is 0 Å². The molecule has 0 amide bonds. The minimum atomic E-state index is -0.559. The average molecular weight is 411 g/mol. The molecule has 5 heteroatoms. The highest BCUT2D eigenvalue weighted by Crippen LogP contribution is 2.19. The lowest BCUT2D eigenvalue weighted by atomic mass is 9.93. The molecule has 0 heterocycles. The molecular weight excluding hydrogens is 380 g/mol. The zero-order valence-electron chi connectivity index (χ0n) is 18.1. The highest BCUT2D eigenvalue weighted by molar-refractivity contribution is 5.89. The summed E-state index contributed by atoms with van der Waals surface area (Å²) >= 11 is 0. The SMILES string of the molecule is CC(=O)CCC(Cc1ccc(C(=O)OC(C)(C)C)cc1)C(=O)OCc1ccccc1. The number of Topliss-reactive ketones (excluding diaryl/α,β-unsaturated/α-hetero) is 1. The molecule has 0 saturated heterocycles. The Balaban J connectivity index is 2.03. The lowest BCUT2D eigenvalue weighted by Gasteiger charge is -2.19. The lowest BCUT2D eigenvalue weighted by molar-refractivity contribution is -0.150. The molecule has 0 aromatic heterocycles. The number of hydrogen-bond donors (Lipinski definition) is 0. The minimum absolute atomic E-state index is 0.0381. The topological polar surface area (TPSA) is 69.7 Å². The van der Waals surface area contributed by atoms with Crippen molar-refractivity contribution in [3.05, 3.63) is 71.3 Å². The van der Waals surface area contributed by atoms with E-state index in [2.05, 4.69) is 0 Å². The summed E-state index contributed by atoms with van der Waals surface area (Å²) in [6, 6.07) is 16.5. The maximum absolute atomic E-state index is 12.7. The maximum atomic E-state index is 12.7. The molecule has 0 bridgehead atoms. The van der Waals surface area contributed by atoms with Gasteiger partial charge in [0.2, 0.25) is 0 Å². The van der Waals surface area contributed by atoms with E-state index in [1.54, 1.807) is 12.1 Å². The van der Waals surface area contributed by atoms with Crippen molar-refractivity contribution in [3.63, 3.8) is 0 Å². The van der Waals surface area contributed by atoms with Gasteiger partial charge in [-0.15, -0.1) is 0 Å². The molecule has 160 valence electrons. The first-order valence-electron chi connectivity index (χ1n) is 10.2. The molecule has 0 aliphatic heterocycles. The molecule has 2 aromatic rings. The third kappa shape index (κ3) is 8.19.